The van der Waals surface area contributed by atoms with Gasteiger partial charge in [-0.1, -0.05) is 37.3 Å². The van der Waals surface area contributed by atoms with Gasteiger partial charge in [0.2, 0.25) is 0 Å². The molecule has 1 N–H and O–H groups in total. The number of benzene rings is 2. The van der Waals surface area contributed by atoms with Crippen LogP contribution in [-0.4, -0.2) is 43.3 Å². The van der Waals surface area contributed by atoms with E-state index in [4.69, 9.17) is 0 Å². The summed E-state index contributed by atoms with van der Waals surface area (Å²) in [6, 6.07) is 15.1. The molecule has 0 bridgehead atoms. The molecule has 0 radical (unpaired) electrons. The van der Waals surface area contributed by atoms with Crippen LogP contribution < -0.4 is 5.32 Å². The number of ketones is 1. The fraction of sp³-hybridized carbons (Fsp3) is 0.333. The minimum Gasteiger partial charge on any atom is -0.348 e. The molecule has 0 saturated carbocycles. The highest BCUT2D eigenvalue weighted by atomic mass is 16.1. The Morgan fingerprint density at radius 1 is 1.00 bits per heavy atom. The normalized spacial score (nSPS) is 12.0. The Labute approximate surface area is 149 Å². The van der Waals surface area contributed by atoms with Gasteiger partial charge in [0.05, 0.1) is 0 Å². The molecule has 0 aromatic heterocycles. The molecule has 4 nitrogen and oxygen atoms in total. The van der Waals surface area contributed by atoms with E-state index in [9.17, 15) is 9.59 Å². The number of Topliss-reactive ketones (excluding diaryl/α,β-unsaturated/α-hetero) is 1. The SMILES string of the molecule is CCC(CN(C)C)NC(=O)c1cccc(-c2cccc(C(C)=O)c2)c1. The van der Waals surface area contributed by atoms with Gasteiger partial charge in [-0.3, -0.25) is 9.59 Å². The molecular weight excluding hydrogens is 312 g/mol. The lowest BCUT2D eigenvalue weighted by molar-refractivity contribution is 0.0928. The van der Waals surface area contributed by atoms with Crippen molar-refractivity contribution in [2.24, 2.45) is 0 Å². The summed E-state index contributed by atoms with van der Waals surface area (Å²) in [5.41, 5.74) is 3.16. The molecule has 1 amide bonds. The van der Waals surface area contributed by atoms with Gasteiger partial charge >= 0.3 is 0 Å². The number of hydrogen-bond acceptors (Lipinski definition) is 3. The molecule has 2 rings (SSSR count). The van der Waals surface area contributed by atoms with Crippen LogP contribution in [0.3, 0.4) is 0 Å². The van der Waals surface area contributed by atoms with Crippen LogP contribution in [0, 0.1) is 0 Å². The lowest BCUT2D eigenvalue weighted by Crippen LogP contribution is -2.41. The van der Waals surface area contributed by atoms with Gasteiger partial charge in [0.1, 0.15) is 0 Å². The Balaban J connectivity index is 2.22. The van der Waals surface area contributed by atoms with Crippen molar-refractivity contribution in [3.63, 3.8) is 0 Å². The van der Waals surface area contributed by atoms with Crippen molar-refractivity contribution in [3.05, 3.63) is 59.7 Å². The minimum atomic E-state index is -0.0710. The lowest BCUT2D eigenvalue weighted by atomic mass is 9.99. The summed E-state index contributed by atoms with van der Waals surface area (Å²) in [5, 5.41) is 3.09. The molecule has 0 aliphatic heterocycles. The number of nitrogens with one attached hydrogen (secondary N) is 1. The number of rotatable bonds is 7. The summed E-state index contributed by atoms with van der Waals surface area (Å²) in [7, 11) is 3.99. The molecule has 0 heterocycles. The molecular formula is C21H26N2O2. The Kier molecular flexibility index (Phi) is 6.48. The maximum Gasteiger partial charge on any atom is 0.251 e. The fourth-order valence-electron chi connectivity index (χ4n) is 2.74. The smallest absolute Gasteiger partial charge is 0.251 e. The largest absolute Gasteiger partial charge is 0.348 e. The number of nitrogens with zero attached hydrogens (tertiary/aromatic N) is 1. The number of hydrogen-bond donors (Lipinski definition) is 1. The quantitative estimate of drug-likeness (QED) is 0.784. The maximum absolute atomic E-state index is 12.6. The summed E-state index contributed by atoms with van der Waals surface area (Å²) in [5.74, 6) is -0.0384. The van der Waals surface area contributed by atoms with Gasteiger partial charge in [-0.2, -0.15) is 0 Å². The van der Waals surface area contributed by atoms with Crippen molar-refractivity contribution >= 4 is 11.7 Å². The first-order valence-electron chi connectivity index (χ1n) is 8.57. The van der Waals surface area contributed by atoms with Crippen LogP contribution >= 0.6 is 0 Å². The van der Waals surface area contributed by atoms with Gasteiger partial charge in [-0.05, 0) is 56.8 Å². The van der Waals surface area contributed by atoms with Gasteiger partial charge in [0, 0.05) is 23.7 Å². The lowest BCUT2D eigenvalue weighted by Gasteiger charge is -2.21. The average molecular weight is 338 g/mol. The standard InChI is InChI=1S/C21H26N2O2/c1-5-20(14-23(3)4)22-21(25)19-11-7-10-18(13-19)17-9-6-8-16(12-17)15(2)24/h6-13,20H,5,14H2,1-4H3,(H,22,25). The zero-order valence-corrected chi connectivity index (χ0v) is 15.4. The fourth-order valence-corrected chi connectivity index (χ4v) is 2.74. The summed E-state index contributed by atoms with van der Waals surface area (Å²) >= 11 is 0. The average Bonchev–Trinajstić information content (AvgIpc) is 2.60. The van der Waals surface area contributed by atoms with Crippen LogP contribution in [0.2, 0.25) is 0 Å². The second-order valence-electron chi connectivity index (χ2n) is 6.56. The first-order valence-corrected chi connectivity index (χ1v) is 8.57. The van der Waals surface area contributed by atoms with Crippen LogP contribution in [0.1, 0.15) is 41.0 Å². The Hall–Kier alpha value is -2.46. The minimum absolute atomic E-state index is 0.0326. The molecule has 1 atom stereocenters. The summed E-state index contributed by atoms with van der Waals surface area (Å²) in [6.45, 7) is 4.43. The monoisotopic (exact) mass is 338 g/mol. The third kappa shape index (κ3) is 5.26. The van der Waals surface area contributed by atoms with Crippen molar-refractivity contribution in [2.45, 2.75) is 26.3 Å². The molecule has 0 aliphatic carbocycles. The van der Waals surface area contributed by atoms with Crippen LogP contribution in [0.4, 0.5) is 0 Å². The highest BCUT2D eigenvalue weighted by Gasteiger charge is 2.13. The van der Waals surface area contributed by atoms with E-state index in [0.29, 0.717) is 11.1 Å². The molecule has 0 spiro atoms. The summed E-state index contributed by atoms with van der Waals surface area (Å²) in [6.07, 6.45) is 0.879. The van der Waals surface area contributed by atoms with E-state index < -0.39 is 0 Å². The molecule has 132 valence electrons. The van der Waals surface area contributed by atoms with Crippen molar-refractivity contribution in [2.75, 3.05) is 20.6 Å². The third-order valence-corrected chi connectivity index (χ3v) is 4.14. The van der Waals surface area contributed by atoms with Gasteiger partial charge < -0.3 is 10.2 Å². The Morgan fingerprint density at radius 2 is 1.56 bits per heavy atom. The summed E-state index contributed by atoms with van der Waals surface area (Å²) in [4.78, 5) is 26.2. The molecule has 0 aliphatic rings. The third-order valence-electron chi connectivity index (χ3n) is 4.14. The number of carbonyl (C=O) groups is 2. The van der Waals surface area contributed by atoms with E-state index in [1.165, 1.54) is 0 Å². The Bertz CT molecular complexity index is 753. The predicted octanol–water partition coefficient (Wildman–Crippen LogP) is 3.63. The molecule has 25 heavy (non-hydrogen) atoms. The molecule has 4 heteroatoms. The van der Waals surface area contributed by atoms with Crippen molar-refractivity contribution in [3.8, 4) is 11.1 Å². The van der Waals surface area contributed by atoms with E-state index in [2.05, 4.69) is 17.1 Å². The van der Waals surface area contributed by atoms with Crippen molar-refractivity contribution < 1.29 is 9.59 Å². The number of likely N-dealkylation sites (N-methyl/N-ethyl adjacent to an activating group) is 1. The van der Waals surface area contributed by atoms with Gasteiger partial charge in [-0.15, -0.1) is 0 Å². The van der Waals surface area contributed by atoms with E-state index in [0.717, 1.165) is 24.1 Å². The number of amides is 1. The molecule has 0 fully saturated rings. The van der Waals surface area contributed by atoms with E-state index in [1.807, 2.05) is 56.6 Å². The molecule has 2 aromatic carbocycles. The van der Waals surface area contributed by atoms with Crippen molar-refractivity contribution in [1.29, 1.82) is 0 Å². The first kappa shape index (κ1) is 18.9. The number of carbonyl (C=O) groups excluding carboxylic acids is 2. The van der Waals surface area contributed by atoms with Gasteiger partial charge in [-0.25, -0.2) is 0 Å². The molecule has 2 aromatic rings. The Morgan fingerprint density at radius 3 is 2.08 bits per heavy atom. The molecule has 1 unspecified atom stereocenters. The topological polar surface area (TPSA) is 49.4 Å². The highest BCUT2D eigenvalue weighted by Crippen LogP contribution is 2.22. The van der Waals surface area contributed by atoms with E-state index in [1.54, 1.807) is 13.0 Å². The first-order chi connectivity index (χ1) is 11.9. The predicted molar refractivity (Wildman–Crippen MR) is 102 cm³/mol. The zero-order chi connectivity index (χ0) is 18.4. The van der Waals surface area contributed by atoms with Crippen molar-refractivity contribution in [1.82, 2.24) is 10.2 Å². The highest BCUT2D eigenvalue weighted by molar-refractivity contribution is 5.97. The summed E-state index contributed by atoms with van der Waals surface area (Å²) < 4.78 is 0. The van der Waals surface area contributed by atoms with Gasteiger partial charge in [0.15, 0.2) is 5.78 Å². The second-order valence-corrected chi connectivity index (χ2v) is 6.56. The van der Waals surface area contributed by atoms with E-state index in [-0.39, 0.29) is 17.7 Å². The van der Waals surface area contributed by atoms with Crippen LogP contribution in [0.25, 0.3) is 11.1 Å². The molecule has 0 saturated heterocycles. The van der Waals surface area contributed by atoms with Crippen LogP contribution in [0.5, 0.6) is 0 Å². The van der Waals surface area contributed by atoms with Crippen LogP contribution in [-0.2, 0) is 0 Å². The maximum atomic E-state index is 12.6. The zero-order valence-electron chi connectivity index (χ0n) is 15.4. The second kappa shape index (κ2) is 8.58. The van der Waals surface area contributed by atoms with E-state index >= 15 is 0 Å². The van der Waals surface area contributed by atoms with Gasteiger partial charge in [0.25, 0.3) is 5.91 Å². The van der Waals surface area contributed by atoms with Crippen LogP contribution in [0.15, 0.2) is 48.5 Å².